The summed E-state index contributed by atoms with van der Waals surface area (Å²) in [4.78, 5) is 56.5. The molecule has 250 valence electrons. The molecular weight excluding hydrogens is 627 g/mol. The van der Waals surface area contributed by atoms with E-state index >= 15 is 0 Å². The lowest BCUT2D eigenvalue weighted by Gasteiger charge is -2.31. The van der Waals surface area contributed by atoms with Crippen LogP contribution in [0.25, 0.3) is 10.7 Å². The Bertz CT molecular complexity index is 1650. The quantitative estimate of drug-likeness (QED) is 0.108. The first-order valence-electron chi connectivity index (χ1n) is 16.6. The van der Waals surface area contributed by atoms with Crippen LogP contribution in [-0.4, -0.2) is 90.0 Å². The second-order valence-corrected chi connectivity index (χ2v) is 13.2. The molecule has 0 radical (unpaired) electrons. The minimum Gasteiger partial charge on any atom is -0.457 e. The second-order valence-electron chi connectivity index (χ2n) is 12.1. The maximum Gasteiger partial charge on any atom is 0.397 e. The van der Waals surface area contributed by atoms with Crippen molar-refractivity contribution in [3.8, 4) is 10.7 Å². The van der Waals surface area contributed by atoms with Crippen LogP contribution in [0.15, 0.2) is 85.2 Å². The van der Waals surface area contributed by atoms with Crippen molar-refractivity contribution in [3.63, 3.8) is 0 Å². The number of morpholine rings is 1. The summed E-state index contributed by atoms with van der Waals surface area (Å²) in [5.74, 6) is -1.39. The highest BCUT2D eigenvalue weighted by atomic mass is 32.1. The van der Waals surface area contributed by atoms with Gasteiger partial charge in [-0.3, -0.25) is 29.3 Å². The molecule has 0 bridgehead atoms. The van der Waals surface area contributed by atoms with Gasteiger partial charge in [0.05, 0.1) is 24.6 Å². The minimum atomic E-state index is -0.951. The van der Waals surface area contributed by atoms with Crippen LogP contribution in [-0.2, 0) is 25.6 Å². The molecule has 0 saturated carbocycles. The number of piperidine rings is 1. The van der Waals surface area contributed by atoms with Gasteiger partial charge in [0.2, 0.25) is 0 Å². The summed E-state index contributed by atoms with van der Waals surface area (Å²) < 4.78 is 10.8. The largest absolute Gasteiger partial charge is 0.457 e. The number of anilines is 2. The Hall–Kier alpha value is -4.29. The fraction of sp³-hybridized carbons (Fsp3) is 0.378. The van der Waals surface area contributed by atoms with E-state index in [1.165, 1.54) is 9.78 Å². The Labute approximate surface area is 285 Å². The molecule has 4 heterocycles. The van der Waals surface area contributed by atoms with Crippen molar-refractivity contribution in [2.24, 2.45) is 5.92 Å². The van der Waals surface area contributed by atoms with Crippen LogP contribution in [0.1, 0.15) is 40.9 Å². The van der Waals surface area contributed by atoms with Gasteiger partial charge in [0.25, 0.3) is 0 Å². The van der Waals surface area contributed by atoms with E-state index in [4.69, 9.17) is 9.47 Å². The van der Waals surface area contributed by atoms with Gasteiger partial charge in [-0.15, -0.1) is 11.3 Å². The van der Waals surface area contributed by atoms with E-state index < -0.39 is 11.9 Å². The number of para-hydroxylation sites is 2. The maximum absolute atomic E-state index is 13.7. The third-order valence-corrected chi connectivity index (χ3v) is 9.89. The highest BCUT2D eigenvalue weighted by Crippen LogP contribution is 2.32. The molecule has 2 aliphatic rings. The standard InChI is InChI=1S/C37H41N5O5S/c43-34(14-13-28-15-18-41(19-16-28)27-30-26-39-35(48-30)32-11-6-7-17-38-32)31-10-4-5-12-33(31)42(29-8-2-1-3-9-29)36(44)37(45)47-25-22-40-20-23-46-24-21-40/h1-12,17,26,28H,13-16,18-25,27H2. The SMILES string of the molecule is O=C(OCCN1CCOCC1)C(=O)N(c1ccccc1)c1ccccc1C(=O)CCC1CCN(Cc2cnc(-c3ccccn3)s2)CC1. The second kappa shape index (κ2) is 16.7. The number of ether oxygens (including phenoxy) is 2. The number of hydrogen-bond acceptors (Lipinski definition) is 10. The monoisotopic (exact) mass is 667 g/mol. The topological polar surface area (TPSA) is 105 Å². The molecular formula is C37H41N5O5S. The van der Waals surface area contributed by atoms with Crippen LogP contribution in [0.5, 0.6) is 0 Å². The first-order chi connectivity index (χ1) is 23.5. The molecule has 0 unspecified atom stereocenters. The summed E-state index contributed by atoms with van der Waals surface area (Å²) in [6, 6.07) is 21.8. The van der Waals surface area contributed by atoms with E-state index in [-0.39, 0.29) is 12.4 Å². The number of aromatic nitrogens is 2. The van der Waals surface area contributed by atoms with Crippen LogP contribution in [0, 0.1) is 5.92 Å². The highest BCUT2D eigenvalue weighted by Gasteiger charge is 2.30. The van der Waals surface area contributed by atoms with Crippen LogP contribution < -0.4 is 4.90 Å². The average molecular weight is 668 g/mol. The Kier molecular flexibility index (Phi) is 11.7. The number of pyridine rings is 1. The molecule has 10 nitrogen and oxygen atoms in total. The van der Waals surface area contributed by atoms with E-state index in [1.807, 2.05) is 30.5 Å². The molecule has 48 heavy (non-hydrogen) atoms. The number of nitrogens with zero attached hydrogens (tertiary/aromatic N) is 5. The Morgan fingerprint density at radius 3 is 2.40 bits per heavy atom. The lowest BCUT2D eigenvalue weighted by atomic mass is 9.90. The predicted molar refractivity (Wildman–Crippen MR) is 185 cm³/mol. The summed E-state index contributed by atoms with van der Waals surface area (Å²) in [5.41, 5.74) is 2.19. The van der Waals surface area contributed by atoms with Crippen molar-refractivity contribution in [3.05, 3.63) is 95.6 Å². The van der Waals surface area contributed by atoms with Gasteiger partial charge in [-0.2, -0.15) is 0 Å². The molecule has 0 aliphatic carbocycles. The third-order valence-electron chi connectivity index (χ3n) is 8.89. The number of ketones is 1. The van der Waals surface area contributed by atoms with E-state index in [2.05, 4.69) is 19.8 Å². The number of benzene rings is 2. The summed E-state index contributed by atoms with van der Waals surface area (Å²) in [5, 5.41) is 0.937. The average Bonchev–Trinajstić information content (AvgIpc) is 3.61. The number of amides is 1. The Morgan fingerprint density at radius 1 is 0.875 bits per heavy atom. The van der Waals surface area contributed by atoms with Crippen molar-refractivity contribution in [2.45, 2.75) is 32.2 Å². The summed E-state index contributed by atoms with van der Waals surface area (Å²) in [6.45, 7) is 6.23. The van der Waals surface area contributed by atoms with E-state index in [1.54, 1.807) is 66.1 Å². The number of carbonyl (C=O) groups excluding carboxylic acids is 3. The molecule has 0 N–H and O–H groups in total. The lowest BCUT2D eigenvalue weighted by Crippen LogP contribution is -2.40. The first-order valence-corrected chi connectivity index (χ1v) is 17.4. The van der Waals surface area contributed by atoms with Gasteiger partial charge in [0.1, 0.15) is 11.6 Å². The molecule has 1 amide bonds. The normalized spacial score (nSPS) is 16.0. The van der Waals surface area contributed by atoms with Gasteiger partial charge in [0.15, 0.2) is 5.78 Å². The number of likely N-dealkylation sites (tertiary alicyclic amines) is 1. The zero-order chi connectivity index (χ0) is 33.1. The molecule has 11 heteroatoms. The molecule has 6 rings (SSSR count). The van der Waals surface area contributed by atoms with Gasteiger partial charge >= 0.3 is 11.9 Å². The highest BCUT2D eigenvalue weighted by molar-refractivity contribution is 7.15. The van der Waals surface area contributed by atoms with Crippen LogP contribution in [0.3, 0.4) is 0 Å². The summed E-state index contributed by atoms with van der Waals surface area (Å²) in [7, 11) is 0. The van der Waals surface area contributed by atoms with Gasteiger partial charge in [-0.25, -0.2) is 9.78 Å². The van der Waals surface area contributed by atoms with Crippen molar-refractivity contribution in [1.82, 2.24) is 19.8 Å². The van der Waals surface area contributed by atoms with E-state index in [9.17, 15) is 14.4 Å². The molecule has 0 spiro atoms. The van der Waals surface area contributed by atoms with Crippen molar-refractivity contribution in [2.75, 3.05) is 57.4 Å². The fourth-order valence-electron chi connectivity index (χ4n) is 6.20. The Morgan fingerprint density at radius 2 is 1.62 bits per heavy atom. The smallest absolute Gasteiger partial charge is 0.397 e. The zero-order valence-corrected chi connectivity index (χ0v) is 27.9. The summed E-state index contributed by atoms with van der Waals surface area (Å²) >= 11 is 1.68. The first kappa shape index (κ1) is 33.6. The lowest BCUT2D eigenvalue weighted by molar-refractivity contribution is -0.153. The van der Waals surface area contributed by atoms with Crippen molar-refractivity contribution < 1.29 is 23.9 Å². The molecule has 2 aromatic heterocycles. The van der Waals surface area contributed by atoms with Crippen LogP contribution in [0.2, 0.25) is 0 Å². The number of rotatable bonds is 12. The molecule has 4 aromatic rings. The number of Topliss-reactive ketones (excluding diaryl/α,β-unsaturated/α-hetero) is 1. The molecule has 2 saturated heterocycles. The Balaban J connectivity index is 1.05. The van der Waals surface area contributed by atoms with Gasteiger partial charge < -0.3 is 9.47 Å². The van der Waals surface area contributed by atoms with Gasteiger partial charge in [-0.05, 0) is 74.7 Å². The molecule has 0 atom stereocenters. The van der Waals surface area contributed by atoms with Crippen LogP contribution >= 0.6 is 11.3 Å². The third kappa shape index (κ3) is 8.78. The maximum atomic E-state index is 13.7. The van der Waals surface area contributed by atoms with E-state index in [0.717, 1.165) is 62.7 Å². The molecule has 2 aliphatic heterocycles. The van der Waals surface area contributed by atoms with Gasteiger partial charge in [-0.1, -0.05) is 36.4 Å². The van der Waals surface area contributed by atoms with Crippen molar-refractivity contribution in [1.29, 1.82) is 0 Å². The number of thiazole rings is 1. The van der Waals surface area contributed by atoms with E-state index in [0.29, 0.717) is 49.0 Å². The number of carbonyl (C=O) groups is 3. The number of esters is 1. The van der Waals surface area contributed by atoms with Crippen LogP contribution in [0.4, 0.5) is 11.4 Å². The summed E-state index contributed by atoms with van der Waals surface area (Å²) in [6.07, 6.45) is 6.91. The number of hydrogen-bond donors (Lipinski definition) is 0. The van der Waals surface area contributed by atoms with Gasteiger partial charge in [0, 0.05) is 61.1 Å². The molecule has 2 aromatic carbocycles. The van der Waals surface area contributed by atoms with Crippen molar-refractivity contribution >= 4 is 40.4 Å². The minimum absolute atomic E-state index is 0.0471. The predicted octanol–water partition coefficient (Wildman–Crippen LogP) is 5.62. The molecule has 2 fully saturated rings. The zero-order valence-electron chi connectivity index (χ0n) is 27.0. The fourth-order valence-corrected chi connectivity index (χ4v) is 7.14.